The smallest absolute Gasteiger partial charge is 0.341 e. The van der Waals surface area contributed by atoms with E-state index in [0.717, 1.165) is 0 Å². The van der Waals surface area contributed by atoms with E-state index in [9.17, 15) is 14.9 Å². The second-order valence-electron chi connectivity index (χ2n) is 3.57. The molecule has 16 heavy (non-hydrogen) atoms. The largest absolute Gasteiger partial charge is 0.383 e. The molecule has 0 spiro atoms. The van der Waals surface area contributed by atoms with Gasteiger partial charge in [0.1, 0.15) is 0 Å². The number of hydrogen-bond donors (Lipinski definition) is 0. The lowest BCUT2D eigenvalue weighted by Gasteiger charge is -2.04. The molecular weight excluding hydrogens is 210 g/mol. The van der Waals surface area contributed by atoms with Crippen molar-refractivity contribution in [3.8, 4) is 0 Å². The molecule has 0 aromatic carbocycles. The highest BCUT2D eigenvalue weighted by Crippen LogP contribution is 2.14. The van der Waals surface area contributed by atoms with Crippen molar-refractivity contribution >= 4 is 11.8 Å². The Kier molecular flexibility index (Phi) is 3.44. The van der Waals surface area contributed by atoms with Crippen LogP contribution in [0.2, 0.25) is 0 Å². The van der Waals surface area contributed by atoms with Crippen molar-refractivity contribution in [1.29, 1.82) is 0 Å². The number of hydrogen-bond acceptors (Lipinski definition) is 4. The molecule has 0 fully saturated rings. The van der Waals surface area contributed by atoms with Gasteiger partial charge in [0.2, 0.25) is 0 Å². The summed E-state index contributed by atoms with van der Waals surface area (Å²) < 4.78 is 1.19. The van der Waals surface area contributed by atoms with Crippen molar-refractivity contribution in [3.63, 3.8) is 0 Å². The third-order valence-corrected chi connectivity index (χ3v) is 2.01. The first-order chi connectivity index (χ1) is 7.43. The zero-order valence-electron chi connectivity index (χ0n) is 9.38. The molecule has 0 N–H and O–H groups in total. The summed E-state index contributed by atoms with van der Waals surface area (Å²) in [6.07, 6.45) is 4.70. The van der Waals surface area contributed by atoms with E-state index in [-0.39, 0.29) is 0 Å². The number of nitrogens with zero attached hydrogens (tertiary/aromatic N) is 3. The van der Waals surface area contributed by atoms with Gasteiger partial charge in [0.05, 0.1) is 10.5 Å². The van der Waals surface area contributed by atoms with Gasteiger partial charge in [-0.15, -0.1) is 0 Å². The van der Waals surface area contributed by atoms with Crippen LogP contribution in [0.15, 0.2) is 23.3 Å². The molecule has 86 valence electrons. The summed E-state index contributed by atoms with van der Waals surface area (Å²) in [6, 6.07) is 1.54. The fourth-order valence-electron chi connectivity index (χ4n) is 1.18. The van der Waals surface area contributed by atoms with Crippen molar-refractivity contribution in [3.05, 3.63) is 44.5 Å². The minimum absolute atomic E-state index is 0.307. The van der Waals surface area contributed by atoms with Gasteiger partial charge in [-0.05, 0) is 18.3 Å². The van der Waals surface area contributed by atoms with Crippen LogP contribution in [-0.4, -0.2) is 28.5 Å². The third kappa shape index (κ3) is 2.47. The number of aromatic nitrogens is 1. The van der Waals surface area contributed by atoms with Gasteiger partial charge < -0.3 is 9.47 Å². The van der Waals surface area contributed by atoms with Gasteiger partial charge >= 0.3 is 11.2 Å². The summed E-state index contributed by atoms with van der Waals surface area (Å²) in [5.41, 5.74) is -0.698. The zero-order chi connectivity index (χ0) is 12.3. The van der Waals surface area contributed by atoms with Crippen LogP contribution in [0.3, 0.4) is 0 Å². The Morgan fingerprint density at radius 1 is 1.50 bits per heavy atom. The van der Waals surface area contributed by atoms with E-state index in [1.807, 2.05) is 0 Å². The summed E-state index contributed by atoms with van der Waals surface area (Å²) in [5, 5.41) is 10.8. The topological polar surface area (TPSA) is 68.4 Å². The maximum Gasteiger partial charge on any atom is 0.341 e. The Morgan fingerprint density at radius 3 is 2.62 bits per heavy atom. The fraction of sp³-hybridized carbons (Fsp3) is 0.300. The standard InChI is InChI=1S/C10H13N3O3/c1-11(2)6-4-8-5-7-12(3)10(14)9(8)13(15)16/h4-7H,1-3H3. The van der Waals surface area contributed by atoms with E-state index < -0.39 is 16.2 Å². The monoisotopic (exact) mass is 223 g/mol. The van der Waals surface area contributed by atoms with Crippen molar-refractivity contribution in [1.82, 2.24) is 9.47 Å². The Bertz CT molecular complexity index is 489. The van der Waals surface area contributed by atoms with E-state index in [4.69, 9.17) is 0 Å². The molecule has 6 heteroatoms. The molecule has 6 nitrogen and oxygen atoms in total. The fourth-order valence-corrected chi connectivity index (χ4v) is 1.18. The Labute approximate surface area is 92.6 Å². The summed E-state index contributed by atoms with van der Waals surface area (Å²) >= 11 is 0. The highest BCUT2D eigenvalue weighted by atomic mass is 16.6. The van der Waals surface area contributed by atoms with E-state index in [1.54, 1.807) is 37.3 Å². The summed E-state index contributed by atoms with van der Waals surface area (Å²) in [7, 11) is 5.07. The van der Waals surface area contributed by atoms with Crippen LogP contribution in [0.25, 0.3) is 6.08 Å². The predicted molar refractivity (Wildman–Crippen MR) is 61.1 cm³/mol. The molecule has 0 atom stereocenters. The van der Waals surface area contributed by atoms with Crippen LogP contribution in [-0.2, 0) is 7.05 Å². The van der Waals surface area contributed by atoms with E-state index in [1.165, 1.54) is 17.8 Å². The molecule has 1 rings (SSSR count). The van der Waals surface area contributed by atoms with Crippen LogP contribution in [0.4, 0.5) is 5.69 Å². The van der Waals surface area contributed by atoms with Crippen molar-refractivity contribution < 1.29 is 4.92 Å². The molecule has 1 heterocycles. The highest BCUT2D eigenvalue weighted by molar-refractivity contribution is 5.59. The molecule has 0 radical (unpaired) electrons. The average molecular weight is 223 g/mol. The normalized spacial score (nSPS) is 10.7. The van der Waals surface area contributed by atoms with Crippen LogP contribution in [0, 0.1) is 10.1 Å². The Balaban J connectivity index is 3.35. The number of pyridine rings is 1. The van der Waals surface area contributed by atoms with Crippen LogP contribution in [0.5, 0.6) is 0 Å². The number of nitro groups is 1. The molecule has 1 aromatic heterocycles. The first-order valence-electron chi connectivity index (χ1n) is 4.62. The van der Waals surface area contributed by atoms with Crippen molar-refractivity contribution in [2.75, 3.05) is 14.1 Å². The molecule has 0 saturated carbocycles. The van der Waals surface area contributed by atoms with Gasteiger partial charge in [0, 0.05) is 27.3 Å². The molecule has 0 aliphatic rings. The lowest BCUT2D eigenvalue weighted by Crippen LogP contribution is -2.20. The lowest BCUT2D eigenvalue weighted by atomic mass is 10.2. The van der Waals surface area contributed by atoms with Gasteiger partial charge in [-0.3, -0.25) is 14.9 Å². The molecule has 0 saturated heterocycles. The van der Waals surface area contributed by atoms with Gasteiger partial charge in [-0.2, -0.15) is 0 Å². The summed E-state index contributed by atoms with van der Waals surface area (Å²) in [4.78, 5) is 23.4. The van der Waals surface area contributed by atoms with Crippen LogP contribution in [0.1, 0.15) is 5.56 Å². The number of aryl methyl sites for hydroxylation is 1. The van der Waals surface area contributed by atoms with E-state index >= 15 is 0 Å². The molecule has 0 aliphatic carbocycles. The lowest BCUT2D eigenvalue weighted by molar-refractivity contribution is -0.386. The highest BCUT2D eigenvalue weighted by Gasteiger charge is 2.18. The molecular formula is C10H13N3O3. The van der Waals surface area contributed by atoms with Gasteiger partial charge in [-0.25, -0.2) is 0 Å². The maximum atomic E-state index is 11.5. The van der Waals surface area contributed by atoms with Crippen molar-refractivity contribution in [2.24, 2.45) is 7.05 Å². The molecule has 0 amide bonds. The Morgan fingerprint density at radius 2 is 2.12 bits per heavy atom. The molecule has 0 bridgehead atoms. The zero-order valence-corrected chi connectivity index (χ0v) is 9.38. The summed E-state index contributed by atoms with van der Waals surface area (Å²) in [6.45, 7) is 0. The second-order valence-corrected chi connectivity index (χ2v) is 3.57. The SMILES string of the molecule is CN(C)C=Cc1ccn(C)c(=O)c1[N+](=O)[O-]. The molecule has 0 unspecified atom stereocenters. The maximum absolute atomic E-state index is 11.5. The molecule has 1 aromatic rings. The predicted octanol–water partition coefficient (Wildman–Crippen LogP) is 0.826. The van der Waals surface area contributed by atoms with Gasteiger partial charge in [0.15, 0.2) is 0 Å². The first-order valence-corrected chi connectivity index (χ1v) is 4.62. The van der Waals surface area contributed by atoms with E-state index in [2.05, 4.69) is 0 Å². The van der Waals surface area contributed by atoms with Gasteiger partial charge in [0.25, 0.3) is 0 Å². The minimum atomic E-state index is -0.655. The average Bonchev–Trinajstić information content (AvgIpc) is 2.19. The van der Waals surface area contributed by atoms with Crippen LogP contribution < -0.4 is 5.56 Å². The number of rotatable bonds is 3. The first kappa shape index (κ1) is 12.0. The van der Waals surface area contributed by atoms with Crippen LogP contribution >= 0.6 is 0 Å². The molecule has 0 aliphatic heterocycles. The minimum Gasteiger partial charge on any atom is -0.383 e. The Hall–Kier alpha value is -2.11. The quantitative estimate of drug-likeness (QED) is 0.562. The van der Waals surface area contributed by atoms with Gasteiger partial charge in [-0.1, -0.05) is 0 Å². The second kappa shape index (κ2) is 4.61. The third-order valence-electron chi connectivity index (χ3n) is 2.01. The van der Waals surface area contributed by atoms with E-state index in [0.29, 0.717) is 5.56 Å². The summed E-state index contributed by atoms with van der Waals surface area (Å²) in [5.74, 6) is 0. The van der Waals surface area contributed by atoms with Crippen molar-refractivity contribution in [2.45, 2.75) is 0 Å².